The minimum atomic E-state index is -3.70. The van der Waals surface area contributed by atoms with Crippen LogP contribution in [-0.4, -0.2) is 62.1 Å². The van der Waals surface area contributed by atoms with Gasteiger partial charge in [0.25, 0.3) is 0 Å². The van der Waals surface area contributed by atoms with E-state index in [2.05, 4.69) is 11.9 Å². The Hall–Kier alpha value is -1.71. The third-order valence-electron chi connectivity index (χ3n) is 2.74. The molecule has 21 heavy (non-hydrogen) atoms. The molecule has 0 aliphatic carbocycles. The van der Waals surface area contributed by atoms with Crippen molar-refractivity contribution in [1.82, 2.24) is 9.62 Å². The molecule has 1 saturated heterocycles. The summed E-state index contributed by atoms with van der Waals surface area (Å²) >= 11 is 0. The van der Waals surface area contributed by atoms with Gasteiger partial charge in [-0.15, -0.1) is 6.58 Å². The van der Waals surface area contributed by atoms with Crippen LogP contribution in [0, 0.1) is 0 Å². The number of nitrogens with one attached hydrogen (secondary N) is 1. The van der Waals surface area contributed by atoms with Crippen LogP contribution in [-0.2, 0) is 24.3 Å². The first-order chi connectivity index (χ1) is 9.86. The van der Waals surface area contributed by atoms with Gasteiger partial charge in [-0.1, -0.05) is 6.08 Å². The number of carboxylic acids is 1. The molecule has 0 unspecified atom stereocenters. The lowest BCUT2D eigenvalue weighted by Gasteiger charge is -2.24. The minimum Gasteiger partial charge on any atom is -0.480 e. The lowest BCUT2D eigenvalue weighted by molar-refractivity contribution is -0.141. The maximum absolute atomic E-state index is 11.9. The Bertz CT molecular complexity index is 522. The number of hydrogen-bond donors (Lipinski definition) is 2. The molecule has 1 amide bonds. The summed E-state index contributed by atoms with van der Waals surface area (Å²) in [5.41, 5.74) is 0. The Labute approximate surface area is 123 Å². The van der Waals surface area contributed by atoms with Gasteiger partial charge in [0.05, 0.1) is 18.6 Å². The fraction of sp³-hybridized carbons (Fsp3) is 0.500. The molecular weight excluding hydrogens is 300 g/mol. The van der Waals surface area contributed by atoms with Gasteiger partial charge in [-0.3, -0.25) is 4.79 Å². The van der Waals surface area contributed by atoms with Crippen LogP contribution in [0.25, 0.3) is 0 Å². The van der Waals surface area contributed by atoms with E-state index >= 15 is 0 Å². The molecule has 0 saturated carbocycles. The highest BCUT2D eigenvalue weighted by molar-refractivity contribution is 7.92. The molecular formula is C12H18N2O6S. The zero-order valence-electron chi connectivity index (χ0n) is 11.4. The zero-order chi connectivity index (χ0) is 15.9. The summed E-state index contributed by atoms with van der Waals surface area (Å²) in [6.45, 7) is 4.45. The van der Waals surface area contributed by atoms with Crippen LogP contribution in [0.4, 0.5) is 0 Å². The number of carboxylic acid groups (broad SMARTS) is 1. The van der Waals surface area contributed by atoms with Crippen molar-refractivity contribution in [2.24, 2.45) is 0 Å². The molecule has 1 aliphatic rings. The fourth-order valence-electron chi connectivity index (χ4n) is 1.64. The molecule has 1 heterocycles. The molecule has 2 N–H and O–H groups in total. The van der Waals surface area contributed by atoms with Crippen molar-refractivity contribution in [1.29, 1.82) is 0 Å². The number of carbonyl (C=O) groups excluding carboxylic acids is 1. The highest BCUT2D eigenvalue weighted by Crippen LogP contribution is 2.06. The van der Waals surface area contributed by atoms with Crippen LogP contribution < -0.4 is 5.32 Å². The largest absolute Gasteiger partial charge is 0.480 e. The zero-order valence-corrected chi connectivity index (χ0v) is 12.2. The van der Waals surface area contributed by atoms with Gasteiger partial charge in [0.15, 0.2) is 0 Å². The van der Waals surface area contributed by atoms with Crippen molar-refractivity contribution >= 4 is 21.9 Å². The summed E-state index contributed by atoms with van der Waals surface area (Å²) in [5.74, 6) is -2.01. The van der Waals surface area contributed by atoms with E-state index in [-0.39, 0.29) is 19.5 Å². The molecule has 0 aromatic rings. The molecule has 9 heteroatoms. The Morgan fingerprint density at radius 3 is 2.52 bits per heavy atom. The molecule has 8 nitrogen and oxygen atoms in total. The Morgan fingerprint density at radius 2 is 2.00 bits per heavy atom. The second kappa shape index (κ2) is 7.91. The quantitative estimate of drug-likeness (QED) is 0.474. The highest BCUT2D eigenvalue weighted by atomic mass is 32.2. The summed E-state index contributed by atoms with van der Waals surface area (Å²) in [6, 6.07) is -1.13. The maximum atomic E-state index is 11.9. The molecule has 1 rings (SSSR count). The number of nitrogens with zero attached hydrogens (tertiary/aromatic N) is 1. The molecule has 0 aromatic carbocycles. The van der Waals surface area contributed by atoms with Crippen LogP contribution in [0.1, 0.15) is 6.42 Å². The van der Waals surface area contributed by atoms with E-state index in [1.165, 1.54) is 10.4 Å². The second-order valence-electron chi connectivity index (χ2n) is 4.28. The van der Waals surface area contributed by atoms with Gasteiger partial charge < -0.3 is 15.2 Å². The van der Waals surface area contributed by atoms with Crippen molar-refractivity contribution in [2.45, 2.75) is 12.5 Å². The highest BCUT2D eigenvalue weighted by Gasteiger charge is 2.22. The minimum absolute atomic E-state index is 0.0468. The Kier molecular flexibility index (Phi) is 6.53. The fourth-order valence-corrected chi connectivity index (χ4v) is 2.77. The summed E-state index contributed by atoms with van der Waals surface area (Å²) in [4.78, 5) is 22.4. The number of ether oxygens (including phenoxy) is 1. The number of morpholine rings is 1. The first-order valence-electron chi connectivity index (χ1n) is 6.27. The SMILES string of the molecule is C=CC[C@H](NC(=O)/C=C/S(=O)(=O)N1CCOCC1)C(=O)O. The molecule has 1 atom stereocenters. The average Bonchev–Trinajstić information content (AvgIpc) is 2.45. The third-order valence-corrected chi connectivity index (χ3v) is 4.30. The Morgan fingerprint density at radius 1 is 1.38 bits per heavy atom. The van der Waals surface area contributed by atoms with E-state index in [1.54, 1.807) is 0 Å². The summed E-state index contributed by atoms with van der Waals surface area (Å²) in [7, 11) is -3.70. The van der Waals surface area contributed by atoms with Crippen LogP contribution in [0.15, 0.2) is 24.1 Å². The molecule has 1 fully saturated rings. The van der Waals surface area contributed by atoms with Crippen molar-refractivity contribution in [3.05, 3.63) is 24.1 Å². The molecule has 0 bridgehead atoms. The average molecular weight is 318 g/mol. The number of amides is 1. The van der Waals surface area contributed by atoms with E-state index in [0.29, 0.717) is 13.2 Å². The lowest BCUT2D eigenvalue weighted by atomic mass is 10.2. The number of rotatable bonds is 7. The molecule has 1 aliphatic heterocycles. The van der Waals surface area contributed by atoms with Crippen LogP contribution in [0.5, 0.6) is 0 Å². The summed E-state index contributed by atoms with van der Waals surface area (Å²) < 4.78 is 30.0. The standard InChI is InChI=1S/C12H18N2O6S/c1-2-3-10(12(16)17)13-11(15)4-9-21(18,19)14-5-7-20-8-6-14/h2,4,9-10H,1,3,5-8H2,(H,13,15)(H,16,17)/b9-4+/t10-/m0/s1. The number of sulfonamides is 1. The Balaban J connectivity index is 2.63. The van der Waals surface area contributed by atoms with Gasteiger partial charge in [0, 0.05) is 19.2 Å². The number of aliphatic carboxylic acids is 1. The summed E-state index contributed by atoms with van der Waals surface area (Å²) in [5, 5.41) is 11.8. The van der Waals surface area contributed by atoms with Crippen LogP contribution >= 0.6 is 0 Å². The van der Waals surface area contributed by atoms with Crippen molar-refractivity contribution in [3.63, 3.8) is 0 Å². The van der Waals surface area contributed by atoms with E-state index in [4.69, 9.17) is 9.84 Å². The predicted molar refractivity (Wildman–Crippen MR) is 74.8 cm³/mol. The van der Waals surface area contributed by atoms with Gasteiger partial charge in [-0.05, 0) is 6.42 Å². The van der Waals surface area contributed by atoms with Crippen molar-refractivity contribution in [3.8, 4) is 0 Å². The maximum Gasteiger partial charge on any atom is 0.326 e. The van der Waals surface area contributed by atoms with E-state index in [0.717, 1.165) is 11.5 Å². The molecule has 0 radical (unpaired) electrons. The van der Waals surface area contributed by atoms with Gasteiger partial charge in [-0.25, -0.2) is 13.2 Å². The molecule has 0 aromatic heterocycles. The normalized spacial score (nSPS) is 18.3. The predicted octanol–water partition coefficient (Wildman–Crippen LogP) is -0.692. The molecule has 0 spiro atoms. The number of hydrogen-bond acceptors (Lipinski definition) is 5. The van der Waals surface area contributed by atoms with E-state index in [1.807, 2.05) is 0 Å². The third kappa shape index (κ3) is 5.66. The lowest BCUT2D eigenvalue weighted by Crippen LogP contribution is -2.41. The van der Waals surface area contributed by atoms with Gasteiger partial charge in [-0.2, -0.15) is 4.31 Å². The van der Waals surface area contributed by atoms with Crippen LogP contribution in [0.2, 0.25) is 0 Å². The monoisotopic (exact) mass is 318 g/mol. The first kappa shape index (κ1) is 17.3. The first-order valence-corrected chi connectivity index (χ1v) is 7.77. The van der Waals surface area contributed by atoms with E-state index < -0.39 is 27.9 Å². The smallest absolute Gasteiger partial charge is 0.326 e. The van der Waals surface area contributed by atoms with Crippen molar-refractivity contribution in [2.75, 3.05) is 26.3 Å². The molecule has 118 valence electrons. The van der Waals surface area contributed by atoms with Gasteiger partial charge in [0.1, 0.15) is 6.04 Å². The summed E-state index contributed by atoms with van der Waals surface area (Å²) in [6.07, 6.45) is 2.21. The topological polar surface area (TPSA) is 113 Å². The van der Waals surface area contributed by atoms with Gasteiger partial charge >= 0.3 is 5.97 Å². The second-order valence-corrected chi connectivity index (χ2v) is 6.10. The van der Waals surface area contributed by atoms with Crippen molar-refractivity contribution < 1.29 is 27.9 Å². The number of carbonyl (C=O) groups is 2. The van der Waals surface area contributed by atoms with Crippen LogP contribution in [0.3, 0.4) is 0 Å². The van der Waals surface area contributed by atoms with E-state index in [9.17, 15) is 18.0 Å². The van der Waals surface area contributed by atoms with Gasteiger partial charge in [0.2, 0.25) is 15.9 Å².